The molecule has 0 aliphatic carbocycles. The van der Waals surface area contributed by atoms with E-state index in [2.05, 4.69) is 5.32 Å². The summed E-state index contributed by atoms with van der Waals surface area (Å²) in [7, 11) is 3.35. The standard InChI is InChI=1S/C22H26N2O4/c1-15-6-4-5-7-18(15)20-21(28-14-19(25)24(20)2)22(26)23-13-12-16-8-10-17(27-3)11-9-16/h4-11,20-21H,12-14H2,1-3H3,(H,23,26)/t20-,21+/m1/s1. The third-order valence-corrected chi connectivity index (χ3v) is 5.12. The van der Waals surface area contributed by atoms with E-state index in [9.17, 15) is 9.59 Å². The van der Waals surface area contributed by atoms with Crippen LogP contribution in [-0.4, -0.2) is 50.1 Å². The fraction of sp³-hybridized carbons (Fsp3) is 0.364. The van der Waals surface area contributed by atoms with Crippen molar-refractivity contribution in [3.05, 3.63) is 65.2 Å². The number of rotatable bonds is 6. The highest BCUT2D eigenvalue weighted by atomic mass is 16.5. The molecule has 0 saturated carbocycles. The summed E-state index contributed by atoms with van der Waals surface area (Å²) in [4.78, 5) is 26.6. The summed E-state index contributed by atoms with van der Waals surface area (Å²) < 4.78 is 10.8. The molecule has 1 saturated heterocycles. The molecule has 6 heteroatoms. The van der Waals surface area contributed by atoms with Gasteiger partial charge in [-0.25, -0.2) is 0 Å². The van der Waals surface area contributed by atoms with Gasteiger partial charge >= 0.3 is 0 Å². The van der Waals surface area contributed by atoms with Crippen LogP contribution in [-0.2, 0) is 20.7 Å². The van der Waals surface area contributed by atoms with Gasteiger partial charge in [0.2, 0.25) is 5.91 Å². The second-order valence-corrected chi connectivity index (χ2v) is 6.93. The van der Waals surface area contributed by atoms with Crippen molar-refractivity contribution >= 4 is 11.8 Å². The van der Waals surface area contributed by atoms with Gasteiger partial charge in [0.25, 0.3) is 5.91 Å². The minimum absolute atomic E-state index is 0.0878. The van der Waals surface area contributed by atoms with Crippen molar-refractivity contribution in [1.29, 1.82) is 0 Å². The number of methoxy groups -OCH3 is 1. The predicted octanol–water partition coefficient (Wildman–Crippen LogP) is 2.26. The molecule has 1 aliphatic heterocycles. The molecule has 1 N–H and O–H groups in total. The number of ether oxygens (including phenoxy) is 2. The molecular weight excluding hydrogens is 356 g/mol. The Morgan fingerprint density at radius 1 is 1.21 bits per heavy atom. The normalized spacial score (nSPS) is 19.4. The average Bonchev–Trinajstić information content (AvgIpc) is 2.71. The molecule has 2 amide bonds. The molecule has 0 bridgehead atoms. The van der Waals surface area contributed by atoms with Crippen molar-refractivity contribution in [2.45, 2.75) is 25.5 Å². The molecule has 2 aromatic rings. The third-order valence-electron chi connectivity index (χ3n) is 5.12. The molecule has 1 fully saturated rings. The van der Waals surface area contributed by atoms with Crippen LogP contribution in [0, 0.1) is 6.92 Å². The lowest BCUT2D eigenvalue weighted by Crippen LogP contribution is -2.53. The maximum absolute atomic E-state index is 12.8. The van der Waals surface area contributed by atoms with E-state index < -0.39 is 12.1 Å². The van der Waals surface area contributed by atoms with Gasteiger partial charge < -0.3 is 19.7 Å². The van der Waals surface area contributed by atoms with E-state index in [4.69, 9.17) is 9.47 Å². The van der Waals surface area contributed by atoms with Gasteiger partial charge in [0.1, 0.15) is 12.4 Å². The molecule has 148 valence electrons. The Balaban J connectivity index is 1.67. The lowest BCUT2D eigenvalue weighted by Gasteiger charge is -2.38. The lowest BCUT2D eigenvalue weighted by atomic mass is 9.94. The second-order valence-electron chi connectivity index (χ2n) is 6.93. The SMILES string of the molecule is COc1ccc(CCNC(=O)[C@H]2OCC(=O)N(C)[C@@H]2c2ccccc2C)cc1. The van der Waals surface area contributed by atoms with Gasteiger partial charge in [-0.1, -0.05) is 36.4 Å². The number of carbonyl (C=O) groups excluding carboxylic acids is 2. The van der Waals surface area contributed by atoms with Crippen molar-refractivity contribution in [1.82, 2.24) is 10.2 Å². The zero-order valence-corrected chi connectivity index (χ0v) is 16.5. The van der Waals surface area contributed by atoms with Crippen molar-refractivity contribution < 1.29 is 19.1 Å². The van der Waals surface area contributed by atoms with Gasteiger partial charge in [-0.15, -0.1) is 0 Å². The minimum Gasteiger partial charge on any atom is -0.497 e. The van der Waals surface area contributed by atoms with Crippen molar-refractivity contribution in [2.24, 2.45) is 0 Å². The van der Waals surface area contributed by atoms with E-state index in [0.29, 0.717) is 13.0 Å². The molecular formula is C22H26N2O4. The fourth-order valence-corrected chi connectivity index (χ4v) is 3.44. The number of hydrogen-bond acceptors (Lipinski definition) is 4. The van der Waals surface area contributed by atoms with E-state index >= 15 is 0 Å². The van der Waals surface area contributed by atoms with Crippen molar-refractivity contribution in [3.8, 4) is 5.75 Å². The van der Waals surface area contributed by atoms with Crippen molar-refractivity contribution in [2.75, 3.05) is 27.3 Å². The van der Waals surface area contributed by atoms with Gasteiger partial charge in [0, 0.05) is 13.6 Å². The smallest absolute Gasteiger partial charge is 0.251 e. The van der Waals surface area contributed by atoms with E-state index in [1.807, 2.05) is 55.5 Å². The van der Waals surface area contributed by atoms with E-state index in [0.717, 1.165) is 22.4 Å². The highest BCUT2D eigenvalue weighted by molar-refractivity contribution is 5.86. The van der Waals surface area contributed by atoms with Gasteiger partial charge in [0.15, 0.2) is 6.10 Å². The molecule has 3 rings (SSSR count). The Hall–Kier alpha value is -2.86. The zero-order valence-electron chi connectivity index (χ0n) is 16.5. The van der Waals surface area contributed by atoms with Gasteiger partial charge in [-0.3, -0.25) is 9.59 Å². The van der Waals surface area contributed by atoms with Gasteiger partial charge in [-0.2, -0.15) is 0 Å². The number of aryl methyl sites for hydroxylation is 1. The van der Waals surface area contributed by atoms with Crippen LogP contribution in [0.4, 0.5) is 0 Å². The summed E-state index contributed by atoms with van der Waals surface area (Å²) >= 11 is 0. The third kappa shape index (κ3) is 4.34. The van der Waals surface area contributed by atoms with Crippen LogP contribution in [0.5, 0.6) is 5.75 Å². The quantitative estimate of drug-likeness (QED) is 0.832. The average molecular weight is 382 g/mol. The zero-order chi connectivity index (χ0) is 20.1. The summed E-state index contributed by atoms with van der Waals surface area (Å²) in [6.07, 6.45) is -0.0358. The monoisotopic (exact) mass is 382 g/mol. The molecule has 1 aliphatic rings. The molecule has 2 aromatic carbocycles. The molecule has 0 radical (unpaired) electrons. The molecule has 6 nitrogen and oxygen atoms in total. The first-order valence-corrected chi connectivity index (χ1v) is 9.34. The van der Waals surface area contributed by atoms with E-state index in [1.54, 1.807) is 19.1 Å². The summed E-state index contributed by atoms with van der Waals surface area (Å²) in [5.74, 6) is 0.466. The van der Waals surface area contributed by atoms with E-state index in [1.165, 1.54) is 0 Å². The Morgan fingerprint density at radius 2 is 1.93 bits per heavy atom. The number of amides is 2. The molecule has 0 spiro atoms. The largest absolute Gasteiger partial charge is 0.497 e. The highest BCUT2D eigenvalue weighted by Gasteiger charge is 2.40. The molecule has 28 heavy (non-hydrogen) atoms. The number of nitrogens with zero attached hydrogens (tertiary/aromatic N) is 1. The Kier molecular flexibility index (Phi) is 6.31. The number of morpholine rings is 1. The Labute approximate surface area is 165 Å². The number of hydrogen-bond donors (Lipinski definition) is 1. The number of carbonyl (C=O) groups is 2. The summed E-state index contributed by atoms with van der Waals surface area (Å²) in [5, 5.41) is 2.95. The summed E-state index contributed by atoms with van der Waals surface area (Å²) in [6.45, 7) is 2.37. The number of likely N-dealkylation sites (N-methyl/N-ethyl adjacent to an activating group) is 1. The lowest BCUT2D eigenvalue weighted by molar-refractivity contribution is -0.162. The molecule has 2 atom stereocenters. The van der Waals surface area contributed by atoms with Crippen LogP contribution in [0.15, 0.2) is 48.5 Å². The number of nitrogens with one attached hydrogen (secondary N) is 1. The van der Waals surface area contributed by atoms with Crippen LogP contribution in [0.3, 0.4) is 0 Å². The molecule has 0 aromatic heterocycles. The molecule has 0 unspecified atom stereocenters. The topological polar surface area (TPSA) is 67.9 Å². The van der Waals surface area contributed by atoms with Crippen LogP contribution in [0.2, 0.25) is 0 Å². The summed E-state index contributed by atoms with van der Waals surface area (Å²) in [6, 6.07) is 15.1. The first kappa shape index (κ1) is 19.9. The summed E-state index contributed by atoms with van der Waals surface area (Å²) in [5.41, 5.74) is 3.05. The fourth-order valence-electron chi connectivity index (χ4n) is 3.44. The predicted molar refractivity (Wildman–Crippen MR) is 106 cm³/mol. The maximum Gasteiger partial charge on any atom is 0.251 e. The Bertz CT molecular complexity index is 835. The van der Waals surface area contributed by atoms with Crippen molar-refractivity contribution in [3.63, 3.8) is 0 Å². The first-order valence-electron chi connectivity index (χ1n) is 9.34. The first-order chi connectivity index (χ1) is 13.5. The Morgan fingerprint density at radius 3 is 2.61 bits per heavy atom. The number of benzene rings is 2. The van der Waals surface area contributed by atoms with Gasteiger partial charge in [-0.05, 0) is 42.2 Å². The highest BCUT2D eigenvalue weighted by Crippen LogP contribution is 2.31. The minimum atomic E-state index is -0.736. The van der Waals surface area contributed by atoms with Crippen LogP contribution >= 0.6 is 0 Å². The van der Waals surface area contributed by atoms with Crippen LogP contribution in [0.1, 0.15) is 22.7 Å². The van der Waals surface area contributed by atoms with Crippen LogP contribution in [0.25, 0.3) is 0 Å². The van der Waals surface area contributed by atoms with Crippen LogP contribution < -0.4 is 10.1 Å². The van der Waals surface area contributed by atoms with Gasteiger partial charge in [0.05, 0.1) is 13.2 Å². The molecule has 1 heterocycles. The maximum atomic E-state index is 12.8. The van der Waals surface area contributed by atoms with E-state index in [-0.39, 0.29) is 18.4 Å². The second kappa shape index (κ2) is 8.89.